The highest BCUT2D eigenvalue weighted by Crippen LogP contribution is 2.12. The van der Waals surface area contributed by atoms with E-state index in [2.05, 4.69) is 54.8 Å². The maximum atomic E-state index is 4.66. The second-order valence-electron chi connectivity index (χ2n) is 5.27. The third-order valence-corrected chi connectivity index (χ3v) is 2.79. The molecule has 0 aromatic carbocycles. The van der Waals surface area contributed by atoms with E-state index in [-0.39, 0.29) is 0 Å². The highest BCUT2D eigenvalue weighted by molar-refractivity contribution is 5.37. The van der Waals surface area contributed by atoms with E-state index >= 15 is 0 Å². The Hall–Kier alpha value is -1.16. The molecule has 0 radical (unpaired) electrons. The van der Waals surface area contributed by atoms with Crippen molar-refractivity contribution in [2.24, 2.45) is 5.92 Å². The van der Waals surface area contributed by atoms with E-state index in [1.165, 1.54) is 0 Å². The molecule has 102 valence electrons. The Bertz CT molecular complexity index is 349. The van der Waals surface area contributed by atoms with Crippen molar-refractivity contribution in [1.82, 2.24) is 15.3 Å². The predicted molar refractivity (Wildman–Crippen MR) is 76.7 cm³/mol. The molecule has 0 saturated carbocycles. The summed E-state index contributed by atoms with van der Waals surface area (Å²) >= 11 is 0. The van der Waals surface area contributed by atoms with E-state index in [0.29, 0.717) is 12.0 Å². The van der Waals surface area contributed by atoms with E-state index in [1.54, 1.807) is 0 Å². The largest absolute Gasteiger partial charge is 0.353 e. The summed E-state index contributed by atoms with van der Waals surface area (Å²) in [5.41, 5.74) is 1.01. The topological polar surface area (TPSA) is 41.1 Å². The lowest BCUT2D eigenvalue weighted by Crippen LogP contribution is -2.31. The minimum absolute atomic E-state index is 0.447. The molecule has 0 aliphatic carbocycles. The van der Waals surface area contributed by atoms with Crippen molar-refractivity contribution in [1.29, 1.82) is 0 Å². The molecule has 1 aromatic rings. The van der Waals surface area contributed by atoms with Gasteiger partial charge in [-0.1, -0.05) is 13.8 Å². The van der Waals surface area contributed by atoms with Crippen LogP contribution in [0.5, 0.6) is 0 Å². The molecule has 0 bridgehead atoms. The number of hydrogen-bond donors (Lipinski definition) is 1. The molecule has 0 amide bonds. The summed E-state index contributed by atoms with van der Waals surface area (Å²) in [5, 5.41) is 3.39. The second-order valence-corrected chi connectivity index (χ2v) is 5.27. The first-order valence-corrected chi connectivity index (χ1v) is 6.82. The maximum Gasteiger partial charge on any atom is 0.147 e. The van der Waals surface area contributed by atoms with E-state index in [9.17, 15) is 0 Å². The van der Waals surface area contributed by atoms with Crippen LogP contribution < -0.4 is 10.2 Å². The average Bonchev–Trinajstić information content (AvgIpc) is 2.29. The molecule has 1 rings (SSSR count). The summed E-state index contributed by atoms with van der Waals surface area (Å²) < 4.78 is 0. The van der Waals surface area contributed by atoms with Crippen LogP contribution in [0.15, 0.2) is 12.4 Å². The molecule has 0 aliphatic rings. The summed E-state index contributed by atoms with van der Waals surface area (Å²) in [6.45, 7) is 13.6. The third-order valence-electron chi connectivity index (χ3n) is 2.79. The van der Waals surface area contributed by atoms with Gasteiger partial charge < -0.3 is 10.2 Å². The van der Waals surface area contributed by atoms with Crippen molar-refractivity contribution < 1.29 is 0 Å². The molecule has 18 heavy (non-hydrogen) atoms. The molecule has 4 nitrogen and oxygen atoms in total. The van der Waals surface area contributed by atoms with Crippen LogP contribution in [-0.2, 0) is 6.54 Å². The number of anilines is 1. The molecule has 0 saturated heterocycles. The van der Waals surface area contributed by atoms with Crippen LogP contribution in [0, 0.1) is 5.92 Å². The summed E-state index contributed by atoms with van der Waals surface area (Å²) in [7, 11) is 0. The van der Waals surface area contributed by atoms with E-state index in [1.807, 2.05) is 12.4 Å². The SMILES string of the molecule is CCN(c1cncc(CNCC(C)C)n1)C(C)C. The highest BCUT2D eigenvalue weighted by atomic mass is 15.2. The summed E-state index contributed by atoms with van der Waals surface area (Å²) in [5.74, 6) is 1.63. The molecular weight excluding hydrogens is 224 g/mol. The first-order chi connectivity index (χ1) is 8.54. The fraction of sp³-hybridized carbons (Fsp3) is 0.714. The molecule has 1 aromatic heterocycles. The summed E-state index contributed by atoms with van der Waals surface area (Å²) in [6.07, 6.45) is 3.68. The van der Waals surface area contributed by atoms with Gasteiger partial charge in [-0.2, -0.15) is 0 Å². The fourth-order valence-corrected chi connectivity index (χ4v) is 1.90. The number of rotatable bonds is 7. The first-order valence-electron chi connectivity index (χ1n) is 6.82. The van der Waals surface area contributed by atoms with Gasteiger partial charge in [-0.25, -0.2) is 4.98 Å². The lowest BCUT2D eigenvalue weighted by atomic mass is 10.2. The maximum absolute atomic E-state index is 4.66. The van der Waals surface area contributed by atoms with Crippen LogP contribution in [0.2, 0.25) is 0 Å². The minimum atomic E-state index is 0.447. The number of aromatic nitrogens is 2. The van der Waals surface area contributed by atoms with Crippen LogP contribution in [0.4, 0.5) is 5.82 Å². The van der Waals surface area contributed by atoms with Gasteiger partial charge in [0.05, 0.1) is 11.9 Å². The van der Waals surface area contributed by atoms with Gasteiger partial charge in [0.2, 0.25) is 0 Å². The van der Waals surface area contributed by atoms with Gasteiger partial charge in [0.15, 0.2) is 0 Å². The molecule has 1 N–H and O–H groups in total. The average molecular weight is 250 g/mol. The molecule has 0 atom stereocenters. The third kappa shape index (κ3) is 4.61. The lowest BCUT2D eigenvalue weighted by Gasteiger charge is -2.26. The quantitative estimate of drug-likeness (QED) is 0.807. The van der Waals surface area contributed by atoms with E-state index in [0.717, 1.165) is 31.1 Å². The predicted octanol–water partition coefficient (Wildman–Crippen LogP) is 2.46. The van der Waals surface area contributed by atoms with Crippen molar-refractivity contribution >= 4 is 5.82 Å². The van der Waals surface area contributed by atoms with Crippen LogP contribution in [0.3, 0.4) is 0 Å². The van der Waals surface area contributed by atoms with Gasteiger partial charge in [0, 0.05) is 25.3 Å². The molecular formula is C14H26N4. The van der Waals surface area contributed by atoms with Crippen molar-refractivity contribution in [3.63, 3.8) is 0 Å². The zero-order chi connectivity index (χ0) is 13.5. The van der Waals surface area contributed by atoms with Gasteiger partial charge in [0.1, 0.15) is 5.82 Å². The minimum Gasteiger partial charge on any atom is -0.353 e. The summed E-state index contributed by atoms with van der Waals surface area (Å²) in [6, 6.07) is 0.447. The Morgan fingerprint density at radius 3 is 2.50 bits per heavy atom. The van der Waals surface area contributed by atoms with Gasteiger partial charge in [-0.3, -0.25) is 4.98 Å². The standard InChI is InChI=1S/C14H26N4/c1-6-18(12(4)5)14-10-16-9-13(17-14)8-15-7-11(2)3/h9-12,15H,6-8H2,1-5H3. The van der Waals surface area contributed by atoms with Gasteiger partial charge in [0.25, 0.3) is 0 Å². The fourth-order valence-electron chi connectivity index (χ4n) is 1.90. The Labute approximate surface area is 111 Å². The van der Waals surface area contributed by atoms with Crippen LogP contribution in [0.1, 0.15) is 40.3 Å². The van der Waals surface area contributed by atoms with Crippen molar-refractivity contribution in [3.05, 3.63) is 18.1 Å². The zero-order valence-corrected chi connectivity index (χ0v) is 12.3. The van der Waals surface area contributed by atoms with Gasteiger partial charge in [-0.15, -0.1) is 0 Å². The summed E-state index contributed by atoms with van der Waals surface area (Å²) in [4.78, 5) is 11.2. The number of nitrogens with zero attached hydrogens (tertiary/aromatic N) is 3. The van der Waals surface area contributed by atoms with Crippen molar-refractivity contribution in [3.8, 4) is 0 Å². The smallest absolute Gasteiger partial charge is 0.147 e. The Morgan fingerprint density at radius 1 is 1.22 bits per heavy atom. The van der Waals surface area contributed by atoms with Gasteiger partial charge in [-0.05, 0) is 33.2 Å². The van der Waals surface area contributed by atoms with E-state index in [4.69, 9.17) is 0 Å². The Morgan fingerprint density at radius 2 is 1.94 bits per heavy atom. The van der Waals surface area contributed by atoms with E-state index < -0.39 is 0 Å². The highest BCUT2D eigenvalue weighted by Gasteiger charge is 2.10. The van der Waals surface area contributed by atoms with Crippen molar-refractivity contribution in [2.45, 2.75) is 47.2 Å². The van der Waals surface area contributed by atoms with Crippen molar-refractivity contribution in [2.75, 3.05) is 18.0 Å². The molecule has 0 aliphatic heterocycles. The second kappa shape index (κ2) is 7.31. The van der Waals surface area contributed by atoms with Crippen LogP contribution in [0.25, 0.3) is 0 Å². The van der Waals surface area contributed by atoms with Crippen LogP contribution >= 0.6 is 0 Å². The normalized spacial score (nSPS) is 11.3. The molecule has 1 heterocycles. The first kappa shape index (κ1) is 14.9. The molecule has 0 fully saturated rings. The Kier molecular flexibility index (Phi) is 6.05. The number of hydrogen-bond acceptors (Lipinski definition) is 4. The van der Waals surface area contributed by atoms with Gasteiger partial charge >= 0.3 is 0 Å². The zero-order valence-electron chi connectivity index (χ0n) is 12.3. The molecule has 0 unspecified atom stereocenters. The molecule has 0 spiro atoms. The number of nitrogens with one attached hydrogen (secondary N) is 1. The molecule has 4 heteroatoms. The van der Waals surface area contributed by atoms with Crippen LogP contribution in [-0.4, -0.2) is 29.1 Å². The monoisotopic (exact) mass is 250 g/mol. The Balaban J connectivity index is 2.66. The lowest BCUT2D eigenvalue weighted by molar-refractivity contribution is 0.547.